The van der Waals surface area contributed by atoms with Crippen molar-refractivity contribution in [3.63, 3.8) is 0 Å². The minimum atomic E-state index is -0.0957. The highest BCUT2D eigenvalue weighted by atomic mass is 35.5. The average Bonchev–Trinajstić information content (AvgIpc) is 2.88. The SMILES string of the molecule is CN(C)/C=C/C(=O)c1ccccc1OCc1cnc(Cl)s1. The summed E-state index contributed by atoms with van der Waals surface area (Å²) in [5.41, 5.74) is 0.534. The van der Waals surface area contributed by atoms with Gasteiger partial charge in [-0.15, -0.1) is 11.3 Å². The number of carbonyl (C=O) groups excluding carboxylic acids is 1. The maximum Gasteiger partial charge on any atom is 0.191 e. The summed E-state index contributed by atoms with van der Waals surface area (Å²) in [6.07, 6.45) is 4.90. The molecule has 0 radical (unpaired) electrons. The Morgan fingerprint density at radius 3 is 2.86 bits per heavy atom. The number of hydrogen-bond donors (Lipinski definition) is 0. The fourth-order valence-electron chi connectivity index (χ4n) is 1.60. The number of allylic oxidation sites excluding steroid dienone is 1. The van der Waals surface area contributed by atoms with Gasteiger partial charge in [0.05, 0.1) is 10.4 Å². The number of ether oxygens (including phenoxy) is 1. The number of hydrogen-bond acceptors (Lipinski definition) is 5. The highest BCUT2D eigenvalue weighted by Crippen LogP contribution is 2.23. The standard InChI is InChI=1S/C15H15ClN2O2S/c1-18(2)8-7-13(19)12-5-3-4-6-14(12)20-10-11-9-17-15(16)21-11/h3-9H,10H2,1-2H3/b8-7+. The molecule has 0 aliphatic rings. The lowest BCUT2D eigenvalue weighted by atomic mass is 10.1. The van der Waals surface area contributed by atoms with Gasteiger partial charge in [0.1, 0.15) is 12.4 Å². The van der Waals surface area contributed by atoms with Gasteiger partial charge in [-0.3, -0.25) is 4.79 Å². The fraction of sp³-hybridized carbons (Fsp3) is 0.200. The molecule has 6 heteroatoms. The van der Waals surface area contributed by atoms with Crippen LogP contribution in [0.3, 0.4) is 0 Å². The molecule has 0 bridgehead atoms. The summed E-state index contributed by atoms with van der Waals surface area (Å²) in [5.74, 6) is 0.456. The lowest BCUT2D eigenvalue weighted by Gasteiger charge is -2.09. The van der Waals surface area contributed by atoms with Gasteiger partial charge in [0.2, 0.25) is 0 Å². The molecule has 2 aromatic rings. The molecule has 0 unspecified atom stereocenters. The van der Waals surface area contributed by atoms with Crippen LogP contribution in [-0.2, 0) is 6.61 Å². The van der Waals surface area contributed by atoms with Gasteiger partial charge >= 0.3 is 0 Å². The molecule has 1 aromatic carbocycles. The zero-order chi connectivity index (χ0) is 15.2. The van der Waals surface area contributed by atoms with Crippen LogP contribution in [-0.4, -0.2) is 29.8 Å². The van der Waals surface area contributed by atoms with Crippen molar-refractivity contribution in [2.45, 2.75) is 6.61 Å². The second-order valence-electron chi connectivity index (χ2n) is 4.51. The Morgan fingerprint density at radius 1 is 1.43 bits per heavy atom. The van der Waals surface area contributed by atoms with E-state index in [4.69, 9.17) is 16.3 Å². The van der Waals surface area contributed by atoms with Crippen LogP contribution >= 0.6 is 22.9 Å². The number of nitrogens with zero attached hydrogens (tertiary/aromatic N) is 2. The first-order chi connectivity index (χ1) is 10.1. The molecule has 0 aliphatic carbocycles. The van der Waals surface area contributed by atoms with Gasteiger partial charge in [-0.25, -0.2) is 4.98 Å². The summed E-state index contributed by atoms with van der Waals surface area (Å²) in [6, 6.07) is 7.17. The molecule has 0 amide bonds. The van der Waals surface area contributed by atoms with Crippen LogP contribution in [0.2, 0.25) is 4.47 Å². The number of carbonyl (C=O) groups is 1. The third-order valence-corrected chi connectivity index (χ3v) is 3.66. The van der Waals surface area contributed by atoms with E-state index >= 15 is 0 Å². The van der Waals surface area contributed by atoms with Crippen molar-refractivity contribution >= 4 is 28.7 Å². The Balaban J connectivity index is 2.11. The highest BCUT2D eigenvalue weighted by Gasteiger charge is 2.10. The number of benzene rings is 1. The van der Waals surface area contributed by atoms with Gasteiger partial charge in [0.15, 0.2) is 10.3 Å². The molecule has 0 saturated carbocycles. The van der Waals surface area contributed by atoms with Gasteiger partial charge in [-0.1, -0.05) is 23.7 Å². The molecule has 0 saturated heterocycles. The van der Waals surface area contributed by atoms with Gasteiger partial charge < -0.3 is 9.64 Å². The van der Waals surface area contributed by atoms with Crippen molar-refractivity contribution in [1.29, 1.82) is 0 Å². The first kappa shape index (κ1) is 15.5. The zero-order valence-electron chi connectivity index (χ0n) is 11.7. The lowest BCUT2D eigenvalue weighted by molar-refractivity contribution is 0.104. The Morgan fingerprint density at radius 2 is 2.19 bits per heavy atom. The summed E-state index contributed by atoms with van der Waals surface area (Å²) in [4.78, 5) is 18.8. The van der Waals surface area contributed by atoms with E-state index in [0.717, 1.165) is 4.88 Å². The number of rotatable bonds is 6. The summed E-state index contributed by atoms with van der Waals surface area (Å²) in [6.45, 7) is 0.339. The minimum absolute atomic E-state index is 0.0957. The van der Waals surface area contributed by atoms with Gasteiger partial charge in [0, 0.05) is 32.6 Å². The van der Waals surface area contributed by atoms with Crippen LogP contribution in [0.15, 0.2) is 42.7 Å². The molecule has 2 rings (SSSR count). The van der Waals surface area contributed by atoms with E-state index in [1.807, 2.05) is 26.2 Å². The maximum absolute atomic E-state index is 12.2. The molecular formula is C15H15ClN2O2S. The largest absolute Gasteiger partial charge is 0.487 e. The normalized spacial score (nSPS) is 10.8. The third-order valence-electron chi connectivity index (χ3n) is 2.57. The zero-order valence-corrected chi connectivity index (χ0v) is 13.3. The number of aromatic nitrogens is 1. The fourth-order valence-corrected chi connectivity index (χ4v) is 2.49. The maximum atomic E-state index is 12.2. The van der Waals surface area contributed by atoms with Crippen LogP contribution in [0.1, 0.15) is 15.2 Å². The number of halogens is 1. The quantitative estimate of drug-likeness (QED) is 0.601. The first-order valence-corrected chi connectivity index (χ1v) is 7.46. The van der Waals surface area contributed by atoms with Crippen molar-refractivity contribution in [2.24, 2.45) is 0 Å². The third kappa shape index (κ3) is 4.58. The van der Waals surface area contributed by atoms with E-state index in [1.54, 1.807) is 29.4 Å². The average molecular weight is 323 g/mol. The predicted molar refractivity (Wildman–Crippen MR) is 85.1 cm³/mol. The molecule has 0 atom stereocenters. The van der Waals surface area contributed by atoms with E-state index in [1.165, 1.54) is 17.4 Å². The van der Waals surface area contributed by atoms with Crippen molar-refractivity contribution in [3.8, 4) is 5.75 Å². The molecule has 0 aliphatic heterocycles. The van der Waals surface area contributed by atoms with Crippen LogP contribution in [0, 0.1) is 0 Å². The van der Waals surface area contributed by atoms with Crippen molar-refractivity contribution < 1.29 is 9.53 Å². The molecule has 0 N–H and O–H groups in total. The second-order valence-corrected chi connectivity index (χ2v) is 6.21. The van der Waals surface area contributed by atoms with Crippen molar-refractivity contribution in [1.82, 2.24) is 9.88 Å². The van der Waals surface area contributed by atoms with E-state index in [9.17, 15) is 4.79 Å². The Bertz CT molecular complexity index is 653. The molecule has 0 fully saturated rings. The summed E-state index contributed by atoms with van der Waals surface area (Å²) < 4.78 is 6.19. The Hall–Kier alpha value is -1.85. The van der Waals surface area contributed by atoms with E-state index < -0.39 is 0 Å². The van der Waals surface area contributed by atoms with Crippen LogP contribution in [0.4, 0.5) is 0 Å². The predicted octanol–water partition coefficient (Wildman–Crippen LogP) is 3.63. The van der Waals surface area contributed by atoms with Crippen LogP contribution in [0.25, 0.3) is 0 Å². The first-order valence-electron chi connectivity index (χ1n) is 6.27. The number of thiazole rings is 1. The summed E-state index contributed by atoms with van der Waals surface area (Å²) in [7, 11) is 3.72. The summed E-state index contributed by atoms with van der Waals surface area (Å²) in [5, 5.41) is 0. The molecule has 110 valence electrons. The van der Waals surface area contributed by atoms with Gasteiger partial charge in [-0.05, 0) is 12.1 Å². The monoisotopic (exact) mass is 322 g/mol. The second kappa shape index (κ2) is 7.24. The highest BCUT2D eigenvalue weighted by molar-refractivity contribution is 7.15. The minimum Gasteiger partial charge on any atom is -0.487 e. The molecule has 4 nitrogen and oxygen atoms in total. The van der Waals surface area contributed by atoms with E-state index in [-0.39, 0.29) is 5.78 Å². The molecule has 1 aromatic heterocycles. The van der Waals surface area contributed by atoms with Gasteiger partial charge in [0.25, 0.3) is 0 Å². The van der Waals surface area contributed by atoms with Gasteiger partial charge in [-0.2, -0.15) is 0 Å². The lowest BCUT2D eigenvalue weighted by Crippen LogP contribution is -2.05. The smallest absolute Gasteiger partial charge is 0.191 e. The Kier molecular flexibility index (Phi) is 5.36. The Labute approximate surface area is 132 Å². The van der Waals surface area contributed by atoms with Crippen LogP contribution < -0.4 is 4.74 Å². The van der Waals surface area contributed by atoms with E-state index in [2.05, 4.69) is 4.98 Å². The van der Waals surface area contributed by atoms with Crippen molar-refractivity contribution in [2.75, 3.05) is 14.1 Å². The number of ketones is 1. The molecule has 0 spiro atoms. The van der Waals surface area contributed by atoms with Crippen LogP contribution in [0.5, 0.6) is 5.75 Å². The van der Waals surface area contributed by atoms with Crippen molar-refractivity contribution in [3.05, 3.63) is 57.6 Å². The molecule has 1 heterocycles. The van der Waals surface area contributed by atoms with E-state index in [0.29, 0.717) is 22.4 Å². The molecule has 21 heavy (non-hydrogen) atoms. The topological polar surface area (TPSA) is 42.4 Å². The summed E-state index contributed by atoms with van der Waals surface area (Å²) >= 11 is 7.14. The molecular weight excluding hydrogens is 308 g/mol. The number of para-hydroxylation sites is 1.